The number of aryl methyl sites for hydroxylation is 1. The highest BCUT2D eigenvalue weighted by molar-refractivity contribution is 7.08. The van der Waals surface area contributed by atoms with E-state index in [0.29, 0.717) is 17.9 Å². The molecule has 2 rings (SSSR count). The van der Waals surface area contributed by atoms with Gasteiger partial charge in [0.05, 0.1) is 5.69 Å². The Morgan fingerprint density at radius 2 is 2.19 bits per heavy atom. The molecule has 2 aromatic rings. The summed E-state index contributed by atoms with van der Waals surface area (Å²) in [4.78, 5) is 0. The summed E-state index contributed by atoms with van der Waals surface area (Å²) >= 11 is 1.65. The standard InChI is InChI=1S/C12H13FN2S/c1-8-6-16-7-9(8)5-15-12-3-2-10(14)4-11(12)13/h2-4,6-7,15H,5,14H2,1H3. The summed E-state index contributed by atoms with van der Waals surface area (Å²) < 4.78 is 13.4. The number of halogens is 1. The Morgan fingerprint density at radius 1 is 1.38 bits per heavy atom. The van der Waals surface area contributed by atoms with Crippen molar-refractivity contribution in [2.75, 3.05) is 11.1 Å². The van der Waals surface area contributed by atoms with Crippen LogP contribution in [0, 0.1) is 12.7 Å². The van der Waals surface area contributed by atoms with Gasteiger partial charge in [0.2, 0.25) is 0 Å². The normalized spacial score (nSPS) is 10.4. The van der Waals surface area contributed by atoms with E-state index >= 15 is 0 Å². The van der Waals surface area contributed by atoms with Crippen LogP contribution in [0.25, 0.3) is 0 Å². The highest BCUT2D eigenvalue weighted by Gasteiger charge is 2.03. The van der Waals surface area contributed by atoms with Crippen LogP contribution in [0.15, 0.2) is 29.0 Å². The van der Waals surface area contributed by atoms with Crippen molar-refractivity contribution in [3.8, 4) is 0 Å². The molecule has 0 saturated carbocycles. The molecule has 0 atom stereocenters. The molecular weight excluding hydrogens is 223 g/mol. The molecule has 1 heterocycles. The van der Waals surface area contributed by atoms with E-state index in [1.165, 1.54) is 17.2 Å². The Morgan fingerprint density at radius 3 is 2.81 bits per heavy atom. The fourth-order valence-corrected chi connectivity index (χ4v) is 2.29. The first-order valence-electron chi connectivity index (χ1n) is 4.97. The molecular formula is C12H13FN2S. The fraction of sp³-hybridized carbons (Fsp3) is 0.167. The molecule has 0 spiro atoms. The molecule has 16 heavy (non-hydrogen) atoms. The number of nitrogens with one attached hydrogen (secondary N) is 1. The van der Waals surface area contributed by atoms with E-state index in [9.17, 15) is 4.39 Å². The van der Waals surface area contributed by atoms with E-state index in [-0.39, 0.29) is 5.82 Å². The van der Waals surface area contributed by atoms with E-state index < -0.39 is 0 Å². The lowest BCUT2D eigenvalue weighted by atomic mass is 10.2. The van der Waals surface area contributed by atoms with Crippen molar-refractivity contribution in [3.05, 3.63) is 45.9 Å². The summed E-state index contributed by atoms with van der Waals surface area (Å²) in [7, 11) is 0. The Hall–Kier alpha value is -1.55. The van der Waals surface area contributed by atoms with Crippen molar-refractivity contribution in [2.45, 2.75) is 13.5 Å². The summed E-state index contributed by atoms with van der Waals surface area (Å²) in [6, 6.07) is 4.67. The number of anilines is 2. The summed E-state index contributed by atoms with van der Waals surface area (Å²) in [5, 5.41) is 7.21. The Bertz CT molecular complexity index is 494. The van der Waals surface area contributed by atoms with Gasteiger partial charge in [0.25, 0.3) is 0 Å². The third kappa shape index (κ3) is 2.33. The van der Waals surface area contributed by atoms with Crippen molar-refractivity contribution >= 4 is 22.7 Å². The smallest absolute Gasteiger partial charge is 0.148 e. The van der Waals surface area contributed by atoms with Crippen molar-refractivity contribution in [1.29, 1.82) is 0 Å². The van der Waals surface area contributed by atoms with Crippen LogP contribution in [0.5, 0.6) is 0 Å². The predicted octanol–water partition coefficient (Wildman–Crippen LogP) is 3.39. The third-order valence-electron chi connectivity index (χ3n) is 2.42. The number of thiophene rings is 1. The van der Waals surface area contributed by atoms with Crippen LogP contribution in [0.2, 0.25) is 0 Å². The van der Waals surface area contributed by atoms with Gasteiger partial charge >= 0.3 is 0 Å². The maximum atomic E-state index is 13.4. The quantitative estimate of drug-likeness (QED) is 0.802. The first-order valence-corrected chi connectivity index (χ1v) is 5.91. The summed E-state index contributed by atoms with van der Waals surface area (Å²) in [5.74, 6) is -0.312. The Labute approximate surface area is 97.9 Å². The molecule has 0 amide bonds. The molecule has 1 aromatic carbocycles. The molecule has 0 fully saturated rings. The van der Waals surface area contributed by atoms with E-state index in [0.717, 1.165) is 0 Å². The number of rotatable bonds is 3. The van der Waals surface area contributed by atoms with E-state index in [1.54, 1.807) is 23.5 Å². The average Bonchev–Trinajstić information content (AvgIpc) is 2.63. The topological polar surface area (TPSA) is 38.0 Å². The average molecular weight is 236 g/mol. The van der Waals surface area contributed by atoms with Crippen molar-refractivity contribution in [3.63, 3.8) is 0 Å². The molecule has 0 aliphatic carbocycles. The fourth-order valence-electron chi connectivity index (χ4n) is 1.43. The SMILES string of the molecule is Cc1cscc1CNc1ccc(N)cc1F. The summed E-state index contributed by atoms with van der Waals surface area (Å²) in [6.07, 6.45) is 0. The van der Waals surface area contributed by atoms with Gasteiger partial charge in [-0.25, -0.2) is 4.39 Å². The highest BCUT2D eigenvalue weighted by Crippen LogP contribution is 2.19. The van der Waals surface area contributed by atoms with Gasteiger partial charge in [-0.05, 0) is 47.0 Å². The number of benzene rings is 1. The Kier molecular flexibility index (Phi) is 3.10. The minimum atomic E-state index is -0.312. The largest absolute Gasteiger partial charge is 0.399 e. The molecule has 0 aliphatic rings. The molecule has 1 aromatic heterocycles. The zero-order valence-corrected chi connectivity index (χ0v) is 9.77. The van der Waals surface area contributed by atoms with Crippen LogP contribution in [0.3, 0.4) is 0 Å². The van der Waals surface area contributed by atoms with Gasteiger partial charge in [-0.2, -0.15) is 11.3 Å². The third-order valence-corrected chi connectivity index (χ3v) is 3.33. The molecule has 0 aliphatic heterocycles. The molecule has 4 heteroatoms. The van der Waals surface area contributed by atoms with Crippen LogP contribution in [-0.2, 0) is 6.54 Å². The van der Waals surface area contributed by atoms with Gasteiger partial charge in [-0.15, -0.1) is 0 Å². The molecule has 0 bridgehead atoms. The molecule has 2 nitrogen and oxygen atoms in total. The van der Waals surface area contributed by atoms with Crippen LogP contribution in [0.4, 0.5) is 15.8 Å². The molecule has 0 radical (unpaired) electrons. The minimum Gasteiger partial charge on any atom is -0.399 e. The van der Waals surface area contributed by atoms with Crippen molar-refractivity contribution < 1.29 is 4.39 Å². The zero-order chi connectivity index (χ0) is 11.5. The lowest BCUT2D eigenvalue weighted by Gasteiger charge is -2.07. The minimum absolute atomic E-state index is 0.312. The lowest BCUT2D eigenvalue weighted by Crippen LogP contribution is -2.02. The maximum Gasteiger partial charge on any atom is 0.148 e. The molecule has 84 valence electrons. The molecule has 0 saturated heterocycles. The second-order valence-electron chi connectivity index (χ2n) is 3.67. The second-order valence-corrected chi connectivity index (χ2v) is 4.42. The highest BCUT2D eigenvalue weighted by atomic mass is 32.1. The number of hydrogen-bond donors (Lipinski definition) is 2. The van der Waals surface area contributed by atoms with Gasteiger partial charge in [0, 0.05) is 12.2 Å². The van der Waals surface area contributed by atoms with Gasteiger partial charge in [0.1, 0.15) is 5.82 Å². The monoisotopic (exact) mass is 236 g/mol. The van der Waals surface area contributed by atoms with Crippen molar-refractivity contribution in [1.82, 2.24) is 0 Å². The summed E-state index contributed by atoms with van der Waals surface area (Å²) in [6.45, 7) is 2.68. The van der Waals surface area contributed by atoms with Crippen LogP contribution < -0.4 is 11.1 Å². The molecule has 0 unspecified atom stereocenters. The van der Waals surface area contributed by atoms with E-state index in [1.807, 2.05) is 6.92 Å². The van der Waals surface area contributed by atoms with Gasteiger partial charge in [0.15, 0.2) is 0 Å². The lowest BCUT2D eigenvalue weighted by molar-refractivity contribution is 0.631. The molecule has 3 N–H and O–H groups in total. The zero-order valence-electron chi connectivity index (χ0n) is 8.96. The van der Waals surface area contributed by atoms with Crippen LogP contribution >= 0.6 is 11.3 Å². The second kappa shape index (κ2) is 4.53. The number of hydrogen-bond acceptors (Lipinski definition) is 3. The predicted molar refractivity (Wildman–Crippen MR) is 67.2 cm³/mol. The van der Waals surface area contributed by atoms with Gasteiger partial charge < -0.3 is 11.1 Å². The van der Waals surface area contributed by atoms with Gasteiger partial charge in [-0.1, -0.05) is 0 Å². The first-order chi connectivity index (χ1) is 7.66. The van der Waals surface area contributed by atoms with E-state index in [2.05, 4.69) is 16.1 Å². The summed E-state index contributed by atoms with van der Waals surface area (Å²) in [5.41, 5.74) is 8.83. The Balaban J connectivity index is 2.08. The van der Waals surface area contributed by atoms with Gasteiger partial charge in [-0.3, -0.25) is 0 Å². The van der Waals surface area contributed by atoms with E-state index in [4.69, 9.17) is 5.73 Å². The van der Waals surface area contributed by atoms with Crippen molar-refractivity contribution in [2.24, 2.45) is 0 Å². The maximum absolute atomic E-state index is 13.4. The first kappa shape index (κ1) is 11.0. The van der Waals surface area contributed by atoms with Crippen LogP contribution in [0.1, 0.15) is 11.1 Å². The number of nitrogens with two attached hydrogens (primary N) is 1. The number of nitrogen functional groups attached to an aromatic ring is 1. The van der Waals surface area contributed by atoms with Crippen LogP contribution in [-0.4, -0.2) is 0 Å².